The first-order chi connectivity index (χ1) is 24.6. The Morgan fingerprint density at radius 2 is 0.941 bits per heavy atom. The van der Waals surface area contributed by atoms with Crippen LogP contribution in [0.25, 0.3) is 21.5 Å². The second-order valence-electron chi connectivity index (χ2n) is 11.8. The number of aromatic carboxylic acids is 1. The van der Waals surface area contributed by atoms with Crippen LogP contribution >= 0.6 is 0 Å². The first-order valence-corrected chi connectivity index (χ1v) is 16.2. The first kappa shape index (κ1) is 36.0. The zero-order chi connectivity index (χ0) is 36.3. The summed E-state index contributed by atoms with van der Waals surface area (Å²) in [6.45, 7) is 10.2. The minimum atomic E-state index is -1.13. The Morgan fingerprint density at radius 3 is 1.37 bits per heavy atom. The largest absolute Gasteiger partial charge is 0.490 e. The lowest BCUT2D eigenvalue weighted by atomic mass is 9.98. The third-order valence-corrected chi connectivity index (χ3v) is 7.60. The summed E-state index contributed by atoms with van der Waals surface area (Å²) in [4.78, 5) is 37.2. The number of carbonyl (C=O) groups is 3. The number of ether oxygens (including phenoxy) is 6. The number of hydrogen-bond acceptors (Lipinski definition) is 9. The number of fused-ring (bicyclic) bond motifs is 2. The second kappa shape index (κ2) is 16.9. The summed E-state index contributed by atoms with van der Waals surface area (Å²) >= 11 is 0. The molecule has 0 saturated carbocycles. The van der Waals surface area contributed by atoms with Gasteiger partial charge in [0.05, 0.1) is 5.56 Å². The van der Waals surface area contributed by atoms with Crippen molar-refractivity contribution in [2.24, 2.45) is 0 Å². The van der Waals surface area contributed by atoms with Gasteiger partial charge in [0.15, 0.2) is 12.2 Å². The summed E-state index contributed by atoms with van der Waals surface area (Å²) in [5, 5.41) is 12.1. The van der Waals surface area contributed by atoms with Crippen molar-refractivity contribution in [1.82, 2.24) is 0 Å². The van der Waals surface area contributed by atoms with E-state index >= 15 is 0 Å². The number of carboxylic acids is 1. The van der Waals surface area contributed by atoms with Crippen LogP contribution in [0, 0.1) is 0 Å². The zero-order valence-electron chi connectivity index (χ0n) is 28.3. The fraction of sp³-hybridized carbons (Fsp3) is 0.195. The molecule has 0 aromatic heterocycles. The molecule has 2 atom stereocenters. The Morgan fingerprint density at radius 1 is 0.549 bits per heavy atom. The molecule has 5 rings (SSSR count). The minimum Gasteiger partial charge on any atom is -0.490 e. The SMILES string of the molecule is C=C(C)C(=O)OC(COc1ccccc1)COc1c2ccccc2c(OCC(COc2ccccc2)OC(=O)C(=C)C)c2cc(C(=O)O)ccc12. The van der Waals surface area contributed by atoms with Gasteiger partial charge in [-0.1, -0.05) is 73.8 Å². The Hall–Kier alpha value is -6.29. The summed E-state index contributed by atoms with van der Waals surface area (Å²) in [5.74, 6) is -0.392. The molecule has 0 aliphatic rings. The molecule has 0 aliphatic carbocycles. The van der Waals surface area contributed by atoms with E-state index < -0.39 is 30.1 Å². The summed E-state index contributed by atoms with van der Waals surface area (Å²) in [6, 6.07) is 30.1. The van der Waals surface area contributed by atoms with Gasteiger partial charge in [-0.25, -0.2) is 14.4 Å². The Kier molecular flexibility index (Phi) is 11.9. The number of para-hydroxylation sites is 2. The van der Waals surface area contributed by atoms with Gasteiger partial charge in [-0.3, -0.25) is 0 Å². The summed E-state index contributed by atoms with van der Waals surface area (Å²) in [7, 11) is 0. The predicted molar refractivity (Wildman–Crippen MR) is 193 cm³/mol. The highest BCUT2D eigenvalue weighted by Crippen LogP contribution is 2.43. The quantitative estimate of drug-likeness (QED) is 0.0593. The van der Waals surface area contributed by atoms with E-state index in [1.54, 1.807) is 44.2 Å². The monoisotopic (exact) mass is 690 g/mol. The molecule has 5 aromatic rings. The number of rotatable bonds is 17. The fourth-order valence-corrected chi connectivity index (χ4v) is 5.04. The summed E-state index contributed by atoms with van der Waals surface area (Å²) in [5.41, 5.74) is 0.458. The molecule has 51 heavy (non-hydrogen) atoms. The van der Waals surface area contributed by atoms with Gasteiger partial charge in [0.1, 0.15) is 49.4 Å². The molecule has 0 aliphatic heterocycles. The van der Waals surface area contributed by atoms with Crippen molar-refractivity contribution in [3.8, 4) is 23.0 Å². The van der Waals surface area contributed by atoms with Crippen molar-refractivity contribution in [1.29, 1.82) is 0 Å². The smallest absolute Gasteiger partial charge is 0.335 e. The van der Waals surface area contributed by atoms with E-state index in [1.807, 2.05) is 60.7 Å². The van der Waals surface area contributed by atoms with Crippen molar-refractivity contribution in [3.63, 3.8) is 0 Å². The van der Waals surface area contributed by atoms with E-state index in [0.29, 0.717) is 44.5 Å². The van der Waals surface area contributed by atoms with Gasteiger partial charge >= 0.3 is 17.9 Å². The highest BCUT2D eigenvalue weighted by molar-refractivity contribution is 6.12. The topological polar surface area (TPSA) is 127 Å². The van der Waals surface area contributed by atoms with Crippen LogP contribution in [0.5, 0.6) is 23.0 Å². The van der Waals surface area contributed by atoms with Crippen LogP contribution in [0.2, 0.25) is 0 Å². The number of hydrogen-bond donors (Lipinski definition) is 1. The predicted octanol–water partition coefficient (Wildman–Crippen LogP) is 7.58. The highest BCUT2D eigenvalue weighted by Gasteiger charge is 2.24. The first-order valence-electron chi connectivity index (χ1n) is 16.2. The van der Waals surface area contributed by atoms with Crippen molar-refractivity contribution < 1.29 is 47.9 Å². The molecule has 0 spiro atoms. The van der Waals surface area contributed by atoms with E-state index in [-0.39, 0.29) is 43.1 Å². The number of carboxylic acid groups (broad SMARTS) is 1. The van der Waals surface area contributed by atoms with Crippen LogP contribution in [0.1, 0.15) is 24.2 Å². The third-order valence-electron chi connectivity index (χ3n) is 7.60. The lowest BCUT2D eigenvalue weighted by Crippen LogP contribution is -2.31. The third kappa shape index (κ3) is 9.45. The van der Waals surface area contributed by atoms with Gasteiger partial charge in [-0.05, 0) is 56.3 Å². The Bertz CT molecular complexity index is 2040. The van der Waals surface area contributed by atoms with Crippen molar-refractivity contribution in [2.45, 2.75) is 26.1 Å². The van der Waals surface area contributed by atoms with Crippen molar-refractivity contribution in [2.75, 3.05) is 26.4 Å². The summed E-state index contributed by atoms with van der Waals surface area (Å²) < 4.78 is 36.0. The Labute approximate surface area is 295 Å². The van der Waals surface area contributed by atoms with Crippen LogP contribution in [-0.2, 0) is 19.1 Å². The number of carbonyl (C=O) groups excluding carboxylic acids is 2. The molecule has 0 heterocycles. The van der Waals surface area contributed by atoms with Crippen LogP contribution in [0.4, 0.5) is 0 Å². The lowest BCUT2D eigenvalue weighted by molar-refractivity contribution is -0.148. The number of benzene rings is 5. The van der Waals surface area contributed by atoms with Crippen molar-refractivity contribution >= 4 is 39.5 Å². The maximum absolute atomic E-state index is 12.6. The summed E-state index contributed by atoms with van der Waals surface area (Å²) in [6.07, 6.45) is -1.68. The van der Waals surface area contributed by atoms with Crippen LogP contribution < -0.4 is 18.9 Å². The minimum absolute atomic E-state index is 0.00139. The fourth-order valence-electron chi connectivity index (χ4n) is 5.04. The Balaban J connectivity index is 1.50. The van der Waals surface area contributed by atoms with Crippen LogP contribution in [0.15, 0.2) is 127 Å². The molecule has 0 amide bonds. The lowest BCUT2D eigenvalue weighted by Gasteiger charge is -2.23. The maximum Gasteiger partial charge on any atom is 0.335 e. The van der Waals surface area contributed by atoms with E-state index in [9.17, 15) is 19.5 Å². The van der Waals surface area contributed by atoms with Gasteiger partial charge in [-0.2, -0.15) is 0 Å². The number of esters is 2. The van der Waals surface area contributed by atoms with Gasteiger partial charge < -0.3 is 33.5 Å². The molecule has 10 nitrogen and oxygen atoms in total. The second-order valence-corrected chi connectivity index (χ2v) is 11.8. The molecule has 1 N–H and O–H groups in total. The molecule has 0 bridgehead atoms. The van der Waals surface area contributed by atoms with Crippen molar-refractivity contribution in [3.05, 3.63) is 133 Å². The van der Waals surface area contributed by atoms with Crippen LogP contribution in [-0.4, -0.2) is 61.6 Å². The molecule has 5 aromatic carbocycles. The van der Waals surface area contributed by atoms with E-state index in [2.05, 4.69) is 13.2 Å². The van der Waals surface area contributed by atoms with E-state index in [4.69, 9.17) is 28.4 Å². The highest BCUT2D eigenvalue weighted by atomic mass is 16.6. The molecule has 10 heteroatoms. The van der Waals surface area contributed by atoms with E-state index in [1.165, 1.54) is 12.1 Å². The van der Waals surface area contributed by atoms with Gasteiger partial charge in [0.25, 0.3) is 0 Å². The average molecular weight is 691 g/mol. The molecule has 2 unspecified atom stereocenters. The van der Waals surface area contributed by atoms with Gasteiger partial charge in [-0.15, -0.1) is 0 Å². The standard InChI is InChI=1S/C41H38O10/c1-26(2)40(44)50-31(22-46-29-13-7-5-8-14-29)24-48-37-33-17-11-12-18-34(33)38(36-21-28(39(42)43)19-20-35(36)37)49-25-32(51-41(45)27(3)4)23-47-30-15-9-6-10-16-30/h5-21,31-32H,1,3,22-25H2,2,4H3,(H,42,43). The molecular formula is C41H38O10. The molecular weight excluding hydrogens is 652 g/mol. The normalized spacial score (nSPS) is 12.0. The van der Waals surface area contributed by atoms with E-state index in [0.717, 1.165) is 0 Å². The maximum atomic E-state index is 12.6. The molecule has 0 saturated heterocycles. The zero-order valence-corrected chi connectivity index (χ0v) is 28.3. The molecule has 0 fully saturated rings. The van der Waals surface area contributed by atoms with Gasteiger partial charge in [0, 0.05) is 32.7 Å². The average Bonchev–Trinajstić information content (AvgIpc) is 3.14. The van der Waals surface area contributed by atoms with Gasteiger partial charge in [0.2, 0.25) is 0 Å². The molecule has 0 radical (unpaired) electrons. The van der Waals surface area contributed by atoms with Crippen LogP contribution in [0.3, 0.4) is 0 Å². The molecule has 262 valence electrons.